The smallest absolute Gasteiger partial charge is 0.106 e. The molecule has 2 atom stereocenters. The number of hydrogen-bond acceptors (Lipinski definition) is 4. The quantitative estimate of drug-likeness (QED) is 0.397. The maximum absolute atomic E-state index is 9.33. The Morgan fingerprint density at radius 1 is 1.00 bits per heavy atom. The zero-order valence-corrected chi connectivity index (χ0v) is 9.32. The van der Waals surface area contributed by atoms with Crippen LogP contribution in [0.5, 0.6) is 0 Å². The van der Waals surface area contributed by atoms with Gasteiger partial charge in [-0.1, -0.05) is 12.8 Å². The maximum atomic E-state index is 9.33. The molecule has 86 valence electrons. The van der Waals surface area contributed by atoms with Crippen molar-refractivity contribution in [1.29, 1.82) is 0 Å². The van der Waals surface area contributed by atoms with E-state index in [4.69, 9.17) is 5.73 Å². The Morgan fingerprint density at radius 3 is 1.93 bits per heavy atom. The highest BCUT2D eigenvalue weighted by atomic mass is 16.3. The standard InChI is InChI=1S/C10H24N2O2/c1-9(13)12(10(2)14)8-6-4-3-5-7-11/h9-10,13-14H,3-8,11H2,1-2H3. The molecule has 0 amide bonds. The van der Waals surface area contributed by atoms with Gasteiger partial charge < -0.3 is 15.9 Å². The third-order valence-corrected chi connectivity index (χ3v) is 2.33. The van der Waals surface area contributed by atoms with Crippen molar-refractivity contribution in [1.82, 2.24) is 4.90 Å². The molecule has 4 heteroatoms. The van der Waals surface area contributed by atoms with Crippen LogP contribution in [-0.2, 0) is 0 Å². The third kappa shape index (κ3) is 6.32. The van der Waals surface area contributed by atoms with Gasteiger partial charge in [0.1, 0.15) is 12.5 Å². The van der Waals surface area contributed by atoms with E-state index >= 15 is 0 Å². The summed E-state index contributed by atoms with van der Waals surface area (Å²) in [7, 11) is 0. The molecular formula is C10H24N2O2. The molecule has 0 radical (unpaired) electrons. The first-order chi connectivity index (χ1) is 6.59. The van der Waals surface area contributed by atoms with Crippen molar-refractivity contribution in [2.45, 2.75) is 52.0 Å². The van der Waals surface area contributed by atoms with E-state index in [1.54, 1.807) is 18.7 Å². The predicted molar refractivity (Wildman–Crippen MR) is 57.6 cm³/mol. The lowest BCUT2D eigenvalue weighted by Gasteiger charge is -2.27. The van der Waals surface area contributed by atoms with Gasteiger partial charge in [0.05, 0.1) is 0 Å². The van der Waals surface area contributed by atoms with Crippen LogP contribution in [0.2, 0.25) is 0 Å². The summed E-state index contributed by atoms with van der Waals surface area (Å²) in [4.78, 5) is 1.67. The van der Waals surface area contributed by atoms with Gasteiger partial charge in [0.2, 0.25) is 0 Å². The number of unbranched alkanes of at least 4 members (excludes halogenated alkanes) is 3. The van der Waals surface area contributed by atoms with E-state index in [9.17, 15) is 10.2 Å². The van der Waals surface area contributed by atoms with Gasteiger partial charge in [-0.05, 0) is 33.2 Å². The van der Waals surface area contributed by atoms with Gasteiger partial charge in [0.15, 0.2) is 0 Å². The molecule has 0 aromatic rings. The molecule has 0 spiro atoms. The van der Waals surface area contributed by atoms with Crippen molar-refractivity contribution < 1.29 is 10.2 Å². The molecule has 0 aliphatic heterocycles. The second-order valence-electron chi connectivity index (χ2n) is 3.70. The minimum Gasteiger partial charge on any atom is -0.379 e. The molecule has 0 aliphatic rings. The molecule has 4 N–H and O–H groups in total. The van der Waals surface area contributed by atoms with Crippen LogP contribution >= 0.6 is 0 Å². The highest BCUT2D eigenvalue weighted by Gasteiger charge is 2.14. The van der Waals surface area contributed by atoms with Crippen LogP contribution in [0.3, 0.4) is 0 Å². The molecule has 4 nitrogen and oxygen atoms in total. The normalized spacial score (nSPS) is 15.9. The van der Waals surface area contributed by atoms with Gasteiger partial charge >= 0.3 is 0 Å². The Bertz CT molecular complexity index is 121. The second kappa shape index (κ2) is 8.17. The van der Waals surface area contributed by atoms with Crippen molar-refractivity contribution in [2.24, 2.45) is 5.73 Å². The molecule has 0 saturated heterocycles. The Morgan fingerprint density at radius 2 is 1.50 bits per heavy atom. The zero-order valence-electron chi connectivity index (χ0n) is 9.32. The number of aliphatic hydroxyl groups is 2. The first kappa shape index (κ1) is 13.8. The molecule has 0 bridgehead atoms. The predicted octanol–water partition coefficient (Wildman–Crippen LogP) is 0.484. The molecule has 0 aromatic carbocycles. The molecule has 2 unspecified atom stereocenters. The fourth-order valence-electron chi connectivity index (χ4n) is 1.48. The average molecular weight is 204 g/mol. The first-order valence-electron chi connectivity index (χ1n) is 5.41. The zero-order chi connectivity index (χ0) is 11.0. The lowest BCUT2D eigenvalue weighted by Crippen LogP contribution is -2.40. The summed E-state index contributed by atoms with van der Waals surface area (Å²) >= 11 is 0. The Labute approximate surface area is 86.7 Å². The Hall–Kier alpha value is -0.160. The number of nitrogens with two attached hydrogens (primary N) is 1. The number of hydrogen-bond donors (Lipinski definition) is 3. The summed E-state index contributed by atoms with van der Waals surface area (Å²) in [5.74, 6) is 0. The summed E-state index contributed by atoms with van der Waals surface area (Å²) in [5, 5.41) is 18.7. The Kier molecular flexibility index (Phi) is 8.08. The largest absolute Gasteiger partial charge is 0.379 e. The minimum absolute atomic E-state index is 0.579. The van der Waals surface area contributed by atoms with E-state index < -0.39 is 12.5 Å². The monoisotopic (exact) mass is 204 g/mol. The number of nitrogens with zero attached hydrogens (tertiary/aromatic N) is 1. The van der Waals surface area contributed by atoms with Crippen LogP contribution in [0.15, 0.2) is 0 Å². The van der Waals surface area contributed by atoms with E-state index in [-0.39, 0.29) is 0 Å². The molecule has 0 saturated carbocycles. The van der Waals surface area contributed by atoms with Crippen molar-refractivity contribution in [3.63, 3.8) is 0 Å². The highest BCUT2D eigenvalue weighted by Crippen LogP contribution is 2.06. The number of rotatable bonds is 8. The van der Waals surface area contributed by atoms with Crippen LogP contribution in [-0.4, -0.2) is 40.7 Å². The van der Waals surface area contributed by atoms with Gasteiger partial charge in [-0.2, -0.15) is 0 Å². The van der Waals surface area contributed by atoms with E-state index in [2.05, 4.69) is 0 Å². The van der Waals surface area contributed by atoms with Crippen molar-refractivity contribution in [3.8, 4) is 0 Å². The van der Waals surface area contributed by atoms with Crippen LogP contribution in [0.4, 0.5) is 0 Å². The Balaban J connectivity index is 3.52. The van der Waals surface area contributed by atoms with E-state index in [1.807, 2.05) is 0 Å². The molecule has 0 aromatic heterocycles. The molecule has 0 aliphatic carbocycles. The molecule has 0 rings (SSSR count). The van der Waals surface area contributed by atoms with Gasteiger partial charge in [-0.25, -0.2) is 0 Å². The van der Waals surface area contributed by atoms with E-state index in [0.29, 0.717) is 0 Å². The van der Waals surface area contributed by atoms with Crippen molar-refractivity contribution >= 4 is 0 Å². The van der Waals surface area contributed by atoms with Crippen LogP contribution in [0.25, 0.3) is 0 Å². The highest BCUT2D eigenvalue weighted by molar-refractivity contribution is 4.59. The van der Waals surface area contributed by atoms with Crippen molar-refractivity contribution in [3.05, 3.63) is 0 Å². The lowest BCUT2D eigenvalue weighted by molar-refractivity contribution is -0.0844. The topological polar surface area (TPSA) is 69.7 Å². The first-order valence-corrected chi connectivity index (χ1v) is 5.41. The van der Waals surface area contributed by atoms with Gasteiger partial charge in [-0.15, -0.1) is 0 Å². The second-order valence-corrected chi connectivity index (χ2v) is 3.70. The third-order valence-electron chi connectivity index (χ3n) is 2.33. The summed E-state index contributed by atoms with van der Waals surface area (Å²) in [5.41, 5.74) is 5.38. The SMILES string of the molecule is CC(O)N(CCCCCCN)C(C)O. The van der Waals surface area contributed by atoms with Crippen LogP contribution < -0.4 is 5.73 Å². The molecule has 0 fully saturated rings. The molecule has 0 heterocycles. The van der Waals surface area contributed by atoms with Crippen molar-refractivity contribution in [2.75, 3.05) is 13.1 Å². The lowest BCUT2D eigenvalue weighted by atomic mass is 10.2. The van der Waals surface area contributed by atoms with E-state index in [1.165, 1.54) is 0 Å². The minimum atomic E-state index is -0.579. The number of aliphatic hydroxyl groups excluding tert-OH is 2. The average Bonchev–Trinajstić information content (AvgIpc) is 2.09. The summed E-state index contributed by atoms with van der Waals surface area (Å²) in [6.45, 7) is 4.83. The van der Waals surface area contributed by atoms with Crippen LogP contribution in [0.1, 0.15) is 39.5 Å². The maximum Gasteiger partial charge on any atom is 0.106 e. The van der Waals surface area contributed by atoms with Crippen LogP contribution in [0, 0.1) is 0 Å². The fraction of sp³-hybridized carbons (Fsp3) is 1.00. The summed E-state index contributed by atoms with van der Waals surface area (Å²) in [6, 6.07) is 0. The summed E-state index contributed by atoms with van der Waals surface area (Å²) < 4.78 is 0. The van der Waals surface area contributed by atoms with E-state index in [0.717, 1.165) is 38.8 Å². The molecular weight excluding hydrogens is 180 g/mol. The van der Waals surface area contributed by atoms with Gasteiger partial charge in [0, 0.05) is 6.54 Å². The summed E-state index contributed by atoms with van der Waals surface area (Å²) in [6.07, 6.45) is 3.13. The van der Waals surface area contributed by atoms with Gasteiger partial charge in [0.25, 0.3) is 0 Å². The molecule has 14 heavy (non-hydrogen) atoms. The van der Waals surface area contributed by atoms with Gasteiger partial charge in [-0.3, -0.25) is 4.90 Å². The fourth-order valence-corrected chi connectivity index (χ4v) is 1.48.